The average Bonchev–Trinajstić information content (AvgIpc) is 3.14. The molecular weight excluding hydrogens is 354 g/mol. The molecule has 2 aromatic carbocycles. The van der Waals surface area contributed by atoms with Crippen LogP contribution in [0.15, 0.2) is 57.7 Å². The van der Waals surface area contributed by atoms with Crippen LogP contribution >= 0.6 is 0 Å². The number of rotatable bonds is 4. The maximum atomic E-state index is 12.1. The highest BCUT2D eigenvalue weighted by molar-refractivity contribution is 5.95. The largest absolute Gasteiger partial charge is 0.454 e. The van der Waals surface area contributed by atoms with E-state index >= 15 is 0 Å². The van der Waals surface area contributed by atoms with Gasteiger partial charge >= 0.3 is 5.97 Å². The maximum Gasteiger partial charge on any atom is 0.374 e. The van der Waals surface area contributed by atoms with Crippen molar-refractivity contribution in [2.24, 2.45) is 0 Å². The highest BCUT2D eigenvalue weighted by Gasteiger charge is 2.17. The van der Waals surface area contributed by atoms with Gasteiger partial charge in [0.15, 0.2) is 23.5 Å². The normalized spacial score (nSPS) is 12.0. The molecule has 1 aromatic heterocycles. The van der Waals surface area contributed by atoms with Crippen LogP contribution in [0.1, 0.15) is 10.6 Å². The lowest BCUT2D eigenvalue weighted by Gasteiger charge is -2.07. The van der Waals surface area contributed by atoms with Crippen molar-refractivity contribution < 1.29 is 28.2 Å². The number of para-hydroxylation sites is 1. The zero-order valence-electron chi connectivity index (χ0n) is 13.9. The molecule has 0 atom stereocenters. The molecule has 136 valence electrons. The van der Waals surface area contributed by atoms with E-state index in [1.165, 1.54) is 0 Å². The minimum absolute atomic E-state index is 0.126. The average molecular weight is 367 g/mol. The maximum absolute atomic E-state index is 12.1. The molecule has 8 heteroatoms. The van der Waals surface area contributed by atoms with Crippen LogP contribution in [0.2, 0.25) is 0 Å². The Kier molecular flexibility index (Phi) is 4.21. The lowest BCUT2D eigenvalue weighted by atomic mass is 10.2. The van der Waals surface area contributed by atoms with E-state index in [-0.39, 0.29) is 23.6 Å². The van der Waals surface area contributed by atoms with Crippen LogP contribution in [0.3, 0.4) is 0 Å². The van der Waals surface area contributed by atoms with E-state index in [0.717, 1.165) is 6.07 Å². The molecule has 0 spiro atoms. The Balaban J connectivity index is 1.40. The first-order valence-corrected chi connectivity index (χ1v) is 8.00. The topological polar surface area (TPSA) is 104 Å². The molecule has 0 aliphatic carbocycles. The molecule has 1 aliphatic rings. The Morgan fingerprint density at radius 2 is 1.85 bits per heavy atom. The highest BCUT2D eigenvalue weighted by Crippen LogP contribution is 2.34. The van der Waals surface area contributed by atoms with E-state index in [4.69, 9.17) is 18.6 Å². The van der Waals surface area contributed by atoms with Gasteiger partial charge in [-0.05, 0) is 24.3 Å². The van der Waals surface area contributed by atoms with Gasteiger partial charge in [-0.2, -0.15) is 0 Å². The van der Waals surface area contributed by atoms with E-state index in [0.29, 0.717) is 22.6 Å². The second kappa shape index (κ2) is 6.83. The molecule has 2 heterocycles. The summed E-state index contributed by atoms with van der Waals surface area (Å²) in [7, 11) is 0. The smallest absolute Gasteiger partial charge is 0.374 e. The summed E-state index contributed by atoms with van der Waals surface area (Å²) in [6.07, 6.45) is 0. The number of esters is 1. The van der Waals surface area contributed by atoms with Gasteiger partial charge in [0.25, 0.3) is 5.91 Å². The number of anilines is 1. The number of hydrogen-bond donors (Lipinski definition) is 1. The van der Waals surface area contributed by atoms with Crippen LogP contribution < -0.4 is 20.2 Å². The van der Waals surface area contributed by atoms with E-state index in [9.17, 15) is 14.4 Å². The van der Waals surface area contributed by atoms with E-state index in [1.807, 2.05) is 0 Å². The molecule has 1 aliphatic heterocycles. The number of carbonyl (C=O) groups excluding carboxylic acids is 2. The van der Waals surface area contributed by atoms with Gasteiger partial charge in [0, 0.05) is 17.8 Å². The minimum Gasteiger partial charge on any atom is -0.454 e. The summed E-state index contributed by atoms with van der Waals surface area (Å²) in [5, 5.41) is 2.93. The molecule has 8 nitrogen and oxygen atoms in total. The fourth-order valence-corrected chi connectivity index (χ4v) is 2.58. The first kappa shape index (κ1) is 16.6. The molecule has 3 aromatic rings. The van der Waals surface area contributed by atoms with E-state index in [2.05, 4.69) is 5.32 Å². The number of ether oxygens (including phenoxy) is 3. The number of fused-ring (bicyclic) bond motifs is 2. The fraction of sp³-hybridized carbons (Fsp3) is 0.105. The third-order valence-electron chi connectivity index (χ3n) is 3.83. The summed E-state index contributed by atoms with van der Waals surface area (Å²) in [6.45, 7) is -0.412. The molecule has 0 saturated carbocycles. The summed E-state index contributed by atoms with van der Waals surface area (Å²) in [4.78, 5) is 36.1. The molecule has 27 heavy (non-hydrogen) atoms. The number of benzene rings is 2. The lowest BCUT2D eigenvalue weighted by molar-refractivity contribution is -0.119. The molecule has 4 rings (SSSR count). The van der Waals surface area contributed by atoms with Crippen LogP contribution in [-0.4, -0.2) is 25.3 Å². The molecule has 0 saturated heterocycles. The first-order valence-electron chi connectivity index (χ1n) is 8.00. The Morgan fingerprint density at radius 1 is 1.04 bits per heavy atom. The van der Waals surface area contributed by atoms with Gasteiger partial charge in [0.05, 0.1) is 5.39 Å². The van der Waals surface area contributed by atoms with Crippen molar-refractivity contribution in [1.29, 1.82) is 0 Å². The highest BCUT2D eigenvalue weighted by atomic mass is 16.7. The number of amides is 1. The van der Waals surface area contributed by atoms with Crippen molar-refractivity contribution in [3.8, 4) is 11.5 Å². The minimum atomic E-state index is -0.904. The van der Waals surface area contributed by atoms with Crippen LogP contribution in [-0.2, 0) is 9.53 Å². The summed E-state index contributed by atoms with van der Waals surface area (Å²) < 4.78 is 20.7. The predicted octanol–water partition coefficient (Wildman–Crippen LogP) is 2.32. The monoisotopic (exact) mass is 367 g/mol. The van der Waals surface area contributed by atoms with Crippen molar-refractivity contribution in [3.63, 3.8) is 0 Å². The third kappa shape index (κ3) is 3.45. The quantitative estimate of drug-likeness (QED) is 0.706. The zero-order chi connectivity index (χ0) is 18.8. The second-order valence-corrected chi connectivity index (χ2v) is 5.66. The van der Waals surface area contributed by atoms with Crippen molar-refractivity contribution in [2.45, 2.75) is 0 Å². The predicted molar refractivity (Wildman–Crippen MR) is 94.0 cm³/mol. The number of carbonyl (C=O) groups is 2. The lowest BCUT2D eigenvalue weighted by Crippen LogP contribution is -2.21. The molecule has 0 unspecified atom stereocenters. The van der Waals surface area contributed by atoms with Gasteiger partial charge in [0.1, 0.15) is 5.58 Å². The van der Waals surface area contributed by atoms with Crippen LogP contribution in [0.4, 0.5) is 5.69 Å². The summed E-state index contributed by atoms with van der Waals surface area (Å²) in [5.41, 5.74) is 0.368. The second-order valence-electron chi connectivity index (χ2n) is 5.66. The third-order valence-corrected chi connectivity index (χ3v) is 3.83. The van der Waals surface area contributed by atoms with Crippen LogP contribution in [0, 0.1) is 0 Å². The van der Waals surface area contributed by atoms with Crippen molar-refractivity contribution >= 4 is 28.5 Å². The van der Waals surface area contributed by atoms with E-state index in [1.54, 1.807) is 42.5 Å². The number of nitrogens with one attached hydrogen (secondary N) is 1. The van der Waals surface area contributed by atoms with Gasteiger partial charge in [-0.1, -0.05) is 12.1 Å². The standard InChI is InChI=1S/C19H13NO7/c21-13-8-17(27-14-4-2-1-3-12(13)14)19(23)24-9-18(22)20-11-5-6-15-16(7-11)26-10-25-15/h1-8H,9-10H2,(H,20,22). The Morgan fingerprint density at radius 3 is 2.74 bits per heavy atom. The summed E-state index contributed by atoms with van der Waals surface area (Å²) in [6, 6.07) is 12.5. The van der Waals surface area contributed by atoms with E-state index < -0.39 is 18.5 Å². The van der Waals surface area contributed by atoms with Crippen molar-refractivity contribution in [2.75, 3.05) is 18.7 Å². The van der Waals surface area contributed by atoms with Gasteiger partial charge in [0.2, 0.25) is 12.6 Å². The molecule has 0 bridgehead atoms. The first-order chi connectivity index (χ1) is 13.1. The Labute approximate surface area is 152 Å². The van der Waals surface area contributed by atoms with Crippen molar-refractivity contribution in [3.05, 3.63) is 64.5 Å². The van der Waals surface area contributed by atoms with Gasteiger partial charge in [-0.15, -0.1) is 0 Å². The zero-order valence-corrected chi connectivity index (χ0v) is 13.9. The fourth-order valence-electron chi connectivity index (χ4n) is 2.58. The summed E-state index contributed by atoms with van der Waals surface area (Å²) >= 11 is 0. The van der Waals surface area contributed by atoms with Crippen LogP contribution in [0.5, 0.6) is 11.5 Å². The van der Waals surface area contributed by atoms with Gasteiger partial charge < -0.3 is 23.9 Å². The molecule has 1 amide bonds. The Hall–Kier alpha value is -3.81. The van der Waals surface area contributed by atoms with Gasteiger partial charge in [-0.25, -0.2) is 4.79 Å². The van der Waals surface area contributed by atoms with Crippen molar-refractivity contribution in [1.82, 2.24) is 0 Å². The molecule has 0 fully saturated rings. The molecule has 1 N–H and O–H groups in total. The molecular formula is C19H13NO7. The van der Waals surface area contributed by atoms with Gasteiger partial charge in [-0.3, -0.25) is 9.59 Å². The SMILES string of the molecule is O=C(COC(=O)c1cc(=O)c2ccccc2o1)Nc1ccc2c(c1)OCO2. The Bertz CT molecular complexity index is 1100. The number of hydrogen-bond acceptors (Lipinski definition) is 7. The summed E-state index contributed by atoms with van der Waals surface area (Å²) in [5.74, 6) is -0.618. The van der Waals surface area contributed by atoms with Crippen LogP contribution in [0.25, 0.3) is 11.0 Å². The molecule has 0 radical (unpaired) electrons.